The number of aryl methyl sites for hydroxylation is 1. The number of halogens is 1. The summed E-state index contributed by atoms with van der Waals surface area (Å²) in [5, 5.41) is 3.38. The van der Waals surface area contributed by atoms with Gasteiger partial charge in [0.25, 0.3) is 5.91 Å². The number of carbonyl (C=O) groups excluding carboxylic acids is 2. The van der Waals surface area contributed by atoms with Crippen LogP contribution in [-0.2, 0) is 16.0 Å². The number of urea groups is 1. The molecule has 1 aromatic rings. The molecule has 1 saturated heterocycles. The highest BCUT2D eigenvalue weighted by Gasteiger charge is 2.47. The molecule has 114 valence electrons. The van der Waals surface area contributed by atoms with Crippen LogP contribution in [0.4, 0.5) is 4.79 Å². The van der Waals surface area contributed by atoms with E-state index in [1.54, 1.807) is 6.92 Å². The van der Waals surface area contributed by atoms with Crippen molar-refractivity contribution in [2.45, 2.75) is 25.3 Å². The van der Waals surface area contributed by atoms with Crippen LogP contribution in [0, 0.1) is 0 Å². The molecule has 1 aromatic carbocycles. The Morgan fingerprint density at radius 2 is 1.95 bits per heavy atom. The molecule has 1 unspecified atom stereocenters. The number of rotatable bonds is 6. The van der Waals surface area contributed by atoms with E-state index in [0.717, 1.165) is 12.0 Å². The van der Waals surface area contributed by atoms with Gasteiger partial charge in [0, 0.05) is 18.7 Å². The molecule has 0 aliphatic carbocycles. The first-order chi connectivity index (χ1) is 9.96. The second-order valence-electron chi connectivity index (χ2n) is 5.38. The molecule has 1 N–H and O–H groups in total. The molecular weight excluding hydrogens is 292 g/mol. The average molecular weight is 311 g/mol. The minimum absolute atomic E-state index is 0.172. The summed E-state index contributed by atoms with van der Waals surface area (Å²) in [4.78, 5) is 25.4. The third kappa shape index (κ3) is 3.54. The smallest absolute Gasteiger partial charge is 0.325 e. The summed E-state index contributed by atoms with van der Waals surface area (Å²) in [6.07, 6.45) is 1.50. The molecular formula is C15H19ClN2O3. The fraction of sp³-hybridized carbons (Fsp3) is 0.467. The molecule has 0 saturated carbocycles. The lowest BCUT2D eigenvalue weighted by Crippen LogP contribution is -2.47. The number of imide groups is 1. The Labute approximate surface area is 129 Å². The highest BCUT2D eigenvalue weighted by Crippen LogP contribution is 2.19. The van der Waals surface area contributed by atoms with Gasteiger partial charge in [-0.15, -0.1) is 0 Å². The summed E-state index contributed by atoms with van der Waals surface area (Å²) < 4.78 is 5.01. The van der Waals surface area contributed by atoms with E-state index in [1.807, 2.05) is 24.3 Å². The van der Waals surface area contributed by atoms with E-state index < -0.39 is 5.54 Å². The Balaban J connectivity index is 1.90. The van der Waals surface area contributed by atoms with Crippen LogP contribution in [0.25, 0.3) is 0 Å². The zero-order chi connectivity index (χ0) is 15.5. The van der Waals surface area contributed by atoms with Crippen LogP contribution < -0.4 is 5.32 Å². The molecule has 1 fully saturated rings. The summed E-state index contributed by atoms with van der Waals surface area (Å²) in [6, 6.07) is 7.21. The molecule has 1 aliphatic rings. The number of benzene rings is 1. The molecule has 0 spiro atoms. The quantitative estimate of drug-likeness (QED) is 0.820. The molecule has 1 heterocycles. The summed E-state index contributed by atoms with van der Waals surface area (Å²) >= 11 is 5.83. The maximum Gasteiger partial charge on any atom is 0.325 e. The third-order valence-electron chi connectivity index (χ3n) is 3.54. The number of nitrogens with one attached hydrogen (secondary N) is 1. The van der Waals surface area contributed by atoms with E-state index in [-0.39, 0.29) is 18.5 Å². The summed E-state index contributed by atoms with van der Waals surface area (Å²) in [7, 11) is 1.51. The number of hydrogen-bond acceptors (Lipinski definition) is 3. The van der Waals surface area contributed by atoms with E-state index in [1.165, 1.54) is 12.0 Å². The Morgan fingerprint density at radius 3 is 2.57 bits per heavy atom. The van der Waals surface area contributed by atoms with E-state index in [2.05, 4.69) is 5.32 Å². The summed E-state index contributed by atoms with van der Waals surface area (Å²) in [5.74, 6) is -0.231. The fourth-order valence-electron chi connectivity index (χ4n) is 2.43. The molecule has 1 atom stereocenters. The first-order valence-electron chi connectivity index (χ1n) is 6.84. The first-order valence-corrected chi connectivity index (χ1v) is 7.21. The van der Waals surface area contributed by atoms with E-state index >= 15 is 0 Å². The van der Waals surface area contributed by atoms with Crippen molar-refractivity contribution in [2.75, 3.05) is 20.3 Å². The van der Waals surface area contributed by atoms with Crippen molar-refractivity contribution in [1.29, 1.82) is 0 Å². The fourth-order valence-corrected chi connectivity index (χ4v) is 2.55. The average Bonchev–Trinajstić information content (AvgIpc) is 2.64. The largest absolute Gasteiger partial charge is 0.382 e. The van der Waals surface area contributed by atoms with Crippen LogP contribution in [0.2, 0.25) is 5.02 Å². The Hall–Kier alpha value is -1.59. The van der Waals surface area contributed by atoms with Gasteiger partial charge in [-0.2, -0.15) is 0 Å². The lowest BCUT2D eigenvalue weighted by atomic mass is 10.0. The molecule has 1 aliphatic heterocycles. The van der Waals surface area contributed by atoms with Crippen LogP contribution in [0.5, 0.6) is 0 Å². The first kappa shape index (κ1) is 15.8. The molecule has 0 radical (unpaired) electrons. The van der Waals surface area contributed by atoms with Gasteiger partial charge < -0.3 is 10.1 Å². The molecule has 0 bridgehead atoms. The van der Waals surface area contributed by atoms with Gasteiger partial charge in [-0.05, 0) is 37.5 Å². The number of methoxy groups -OCH3 is 1. The topological polar surface area (TPSA) is 58.6 Å². The number of hydrogen-bond donors (Lipinski definition) is 1. The second kappa shape index (κ2) is 6.45. The maximum atomic E-state index is 12.3. The van der Waals surface area contributed by atoms with Gasteiger partial charge in [0.15, 0.2) is 0 Å². The monoisotopic (exact) mass is 310 g/mol. The predicted octanol–water partition coefficient (Wildman–Crippen LogP) is 2.23. The molecule has 0 aromatic heterocycles. The maximum absolute atomic E-state index is 12.3. The van der Waals surface area contributed by atoms with Gasteiger partial charge in [0.05, 0.1) is 6.61 Å². The normalized spacial score (nSPS) is 21.8. The van der Waals surface area contributed by atoms with Gasteiger partial charge >= 0.3 is 6.03 Å². The lowest BCUT2D eigenvalue weighted by molar-refractivity contribution is -0.132. The second-order valence-corrected chi connectivity index (χ2v) is 5.82. The number of ether oxygens (including phenoxy) is 1. The zero-order valence-corrected chi connectivity index (χ0v) is 12.9. The highest BCUT2D eigenvalue weighted by atomic mass is 35.5. The minimum Gasteiger partial charge on any atom is -0.382 e. The summed E-state index contributed by atoms with van der Waals surface area (Å²) in [6.45, 7) is 2.24. The van der Waals surface area contributed by atoms with Crippen molar-refractivity contribution in [1.82, 2.24) is 10.2 Å². The number of amides is 3. The predicted molar refractivity (Wildman–Crippen MR) is 80.3 cm³/mol. The zero-order valence-electron chi connectivity index (χ0n) is 12.2. The van der Waals surface area contributed by atoms with Gasteiger partial charge in [-0.1, -0.05) is 23.7 Å². The van der Waals surface area contributed by atoms with Crippen molar-refractivity contribution < 1.29 is 14.3 Å². The third-order valence-corrected chi connectivity index (χ3v) is 3.79. The summed E-state index contributed by atoms with van der Waals surface area (Å²) in [5.41, 5.74) is 0.178. The van der Waals surface area contributed by atoms with E-state index in [4.69, 9.17) is 16.3 Å². The van der Waals surface area contributed by atoms with Crippen molar-refractivity contribution in [2.24, 2.45) is 0 Å². The van der Waals surface area contributed by atoms with Crippen molar-refractivity contribution >= 4 is 23.5 Å². The van der Waals surface area contributed by atoms with Gasteiger partial charge in [0.2, 0.25) is 0 Å². The van der Waals surface area contributed by atoms with Gasteiger partial charge in [0.1, 0.15) is 5.54 Å². The van der Waals surface area contributed by atoms with Crippen LogP contribution in [-0.4, -0.2) is 42.6 Å². The molecule has 21 heavy (non-hydrogen) atoms. The van der Waals surface area contributed by atoms with Gasteiger partial charge in [-0.3, -0.25) is 9.69 Å². The van der Waals surface area contributed by atoms with E-state index in [0.29, 0.717) is 18.0 Å². The minimum atomic E-state index is -0.952. The standard InChI is InChI=1S/C15H19ClN2O3/c1-15(10-21-2)13(19)18(14(20)17-15)9-3-4-11-5-7-12(16)8-6-11/h5-8H,3-4,9-10H2,1-2H3,(H,17,20). The SMILES string of the molecule is COCC1(C)NC(=O)N(CCCc2ccc(Cl)cc2)C1=O. The Morgan fingerprint density at radius 1 is 1.29 bits per heavy atom. The molecule has 2 rings (SSSR count). The van der Waals surface area contributed by atoms with Crippen LogP contribution in [0.3, 0.4) is 0 Å². The van der Waals surface area contributed by atoms with Crippen molar-refractivity contribution in [3.63, 3.8) is 0 Å². The molecule has 6 heteroatoms. The van der Waals surface area contributed by atoms with Crippen LogP contribution >= 0.6 is 11.6 Å². The van der Waals surface area contributed by atoms with Crippen LogP contribution in [0.1, 0.15) is 18.9 Å². The molecule has 5 nitrogen and oxygen atoms in total. The number of nitrogens with zero attached hydrogens (tertiary/aromatic N) is 1. The van der Waals surface area contributed by atoms with Crippen LogP contribution in [0.15, 0.2) is 24.3 Å². The Kier molecular flexibility index (Phi) is 4.85. The highest BCUT2D eigenvalue weighted by molar-refractivity contribution is 6.30. The van der Waals surface area contributed by atoms with Crippen molar-refractivity contribution in [3.05, 3.63) is 34.9 Å². The van der Waals surface area contributed by atoms with Crippen molar-refractivity contribution in [3.8, 4) is 0 Å². The Bertz CT molecular complexity index is 532. The van der Waals surface area contributed by atoms with E-state index in [9.17, 15) is 9.59 Å². The number of carbonyl (C=O) groups is 2. The van der Waals surface area contributed by atoms with Gasteiger partial charge in [-0.25, -0.2) is 4.79 Å². The lowest BCUT2D eigenvalue weighted by Gasteiger charge is -2.20. The molecule has 3 amide bonds.